The van der Waals surface area contributed by atoms with Gasteiger partial charge in [-0.05, 0) is 36.2 Å². The Morgan fingerprint density at radius 2 is 1.86 bits per heavy atom. The van der Waals surface area contributed by atoms with Crippen LogP contribution in [0, 0.1) is 11.6 Å². The Hall–Kier alpha value is -2.76. The first-order chi connectivity index (χ1) is 10.6. The molecule has 2 N–H and O–H groups in total. The quantitative estimate of drug-likeness (QED) is 0.807. The molecule has 0 radical (unpaired) electrons. The lowest BCUT2D eigenvalue weighted by Gasteiger charge is -2.08. The molecule has 0 saturated carbocycles. The number of nitrogen functional groups attached to an aromatic ring is 1. The molecule has 0 fully saturated rings. The van der Waals surface area contributed by atoms with Gasteiger partial charge in [0.05, 0.1) is 5.69 Å². The summed E-state index contributed by atoms with van der Waals surface area (Å²) in [5.74, 6) is -1.57. The molecule has 3 aromatic rings. The normalized spacial score (nSPS) is 10.9. The highest BCUT2D eigenvalue weighted by molar-refractivity contribution is 5.71. The van der Waals surface area contributed by atoms with Gasteiger partial charge in [0.15, 0.2) is 17.5 Å². The number of nitrogens with zero attached hydrogens (tertiary/aromatic N) is 3. The summed E-state index contributed by atoms with van der Waals surface area (Å²) in [6, 6.07) is 11.2. The van der Waals surface area contributed by atoms with E-state index in [0.29, 0.717) is 11.3 Å². The van der Waals surface area contributed by atoms with Gasteiger partial charge in [0.2, 0.25) is 0 Å². The molecule has 0 unspecified atom stereocenters. The van der Waals surface area contributed by atoms with Gasteiger partial charge in [-0.3, -0.25) is 0 Å². The Balaban J connectivity index is 2.11. The van der Waals surface area contributed by atoms with E-state index in [9.17, 15) is 8.78 Å². The van der Waals surface area contributed by atoms with Gasteiger partial charge < -0.3 is 5.73 Å². The van der Waals surface area contributed by atoms with Crippen LogP contribution in [0.1, 0.15) is 12.5 Å². The summed E-state index contributed by atoms with van der Waals surface area (Å²) in [4.78, 5) is 0. The monoisotopic (exact) mass is 300 g/mol. The first-order valence-corrected chi connectivity index (χ1v) is 6.86. The zero-order valence-electron chi connectivity index (χ0n) is 11.9. The van der Waals surface area contributed by atoms with Crippen molar-refractivity contribution in [2.24, 2.45) is 0 Å². The van der Waals surface area contributed by atoms with Crippen LogP contribution in [-0.4, -0.2) is 15.0 Å². The third-order valence-corrected chi connectivity index (χ3v) is 3.50. The summed E-state index contributed by atoms with van der Waals surface area (Å²) < 4.78 is 27.9. The zero-order chi connectivity index (χ0) is 15.7. The van der Waals surface area contributed by atoms with Crippen LogP contribution >= 0.6 is 0 Å². The number of benzene rings is 2. The number of aryl methyl sites for hydroxylation is 1. The van der Waals surface area contributed by atoms with Gasteiger partial charge in [-0.2, -0.15) is 4.68 Å². The number of hydrogen-bond donors (Lipinski definition) is 1. The van der Waals surface area contributed by atoms with Crippen LogP contribution in [0.15, 0.2) is 42.5 Å². The molecular formula is C16H14F2N4. The highest BCUT2D eigenvalue weighted by Gasteiger charge is 2.16. The SMILES string of the molecule is CCc1ccccc1-n1nnc(-c2ccc(F)c(F)c2)c1N. The maximum Gasteiger partial charge on any atom is 0.159 e. The molecule has 112 valence electrons. The number of para-hydroxylation sites is 1. The summed E-state index contributed by atoms with van der Waals surface area (Å²) in [6.45, 7) is 2.03. The average molecular weight is 300 g/mol. The highest BCUT2D eigenvalue weighted by Crippen LogP contribution is 2.27. The van der Waals surface area contributed by atoms with Gasteiger partial charge in [-0.1, -0.05) is 30.3 Å². The van der Waals surface area contributed by atoms with Crippen molar-refractivity contribution in [2.45, 2.75) is 13.3 Å². The molecule has 0 bridgehead atoms. The van der Waals surface area contributed by atoms with E-state index in [4.69, 9.17) is 5.73 Å². The van der Waals surface area contributed by atoms with E-state index in [0.717, 1.165) is 29.8 Å². The maximum atomic E-state index is 13.4. The predicted molar refractivity (Wildman–Crippen MR) is 80.5 cm³/mol. The van der Waals surface area contributed by atoms with Crippen molar-refractivity contribution in [1.82, 2.24) is 15.0 Å². The van der Waals surface area contributed by atoms with E-state index in [1.165, 1.54) is 10.7 Å². The third-order valence-electron chi connectivity index (χ3n) is 3.50. The Labute approximate surface area is 126 Å². The topological polar surface area (TPSA) is 56.7 Å². The molecule has 0 saturated heterocycles. The van der Waals surface area contributed by atoms with Gasteiger partial charge >= 0.3 is 0 Å². The second-order valence-corrected chi connectivity index (χ2v) is 4.85. The molecule has 1 heterocycles. The van der Waals surface area contributed by atoms with Crippen LogP contribution in [0.25, 0.3) is 16.9 Å². The lowest BCUT2D eigenvalue weighted by atomic mass is 10.1. The molecule has 0 aliphatic rings. The van der Waals surface area contributed by atoms with Gasteiger partial charge in [0, 0.05) is 5.56 Å². The van der Waals surface area contributed by atoms with E-state index in [1.54, 1.807) is 0 Å². The molecule has 3 rings (SSSR count). The Bertz CT molecular complexity index is 827. The molecule has 22 heavy (non-hydrogen) atoms. The van der Waals surface area contributed by atoms with Crippen LogP contribution in [-0.2, 0) is 6.42 Å². The summed E-state index contributed by atoms with van der Waals surface area (Å²) >= 11 is 0. The second-order valence-electron chi connectivity index (χ2n) is 4.85. The highest BCUT2D eigenvalue weighted by atomic mass is 19.2. The maximum absolute atomic E-state index is 13.4. The third kappa shape index (κ3) is 2.32. The Kier molecular flexibility index (Phi) is 3.58. The molecule has 0 aliphatic carbocycles. The van der Waals surface area contributed by atoms with E-state index in [-0.39, 0.29) is 5.82 Å². The molecule has 0 atom stereocenters. The van der Waals surface area contributed by atoms with Crippen LogP contribution < -0.4 is 5.73 Å². The predicted octanol–water partition coefficient (Wildman–Crippen LogP) is 3.36. The van der Waals surface area contributed by atoms with Crippen LogP contribution in [0.2, 0.25) is 0 Å². The lowest BCUT2D eigenvalue weighted by molar-refractivity contribution is 0.509. The van der Waals surface area contributed by atoms with Crippen molar-refractivity contribution in [3.63, 3.8) is 0 Å². The standard InChI is InChI=1S/C16H14F2N4/c1-2-10-5-3-4-6-14(10)22-16(19)15(20-21-22)11-7-8-12(17)13(18)9-11/h3-9H,2,19H2,1H3. The van der Waals surface area contributed by atoms with Crippen molar-refractivity contribution in [1.29, 1.82) is 0 Å². The first-order valence-electron chi connectivity index (χ1n) is 6.86. The summed E-state index contributed by atoms with van der Waals surface area (Å²) in [6.07, 6.45) is 0.815. The molecular weight excluding hydrogens is 286 g/mol. The molecule has 2 aromatic carbocycles. The van der Waals surface area contributed by atoms with Crippen molar-refractivity contribution in [3.05, 3.63) is 59.7 Å². The fraction of sp³-hybridized carbons (Fsp3) is 0.125. The van der Waals surface area contributed by atoms with Crippen LogP contribution in [0.4, 0.5) is 14.6 Å². The Morgan fingerprint density at radius 3 is 2.59 bits per heavy atom. The van der Waals surface area contributed by atoms with Crippen molar-refractivity contribution < 1.29 is 8.78 Å². The van der Waals surface area contributed by atoms with Gasteiger partial charge in [0.1, 0.15) is 5.69 Å². The number of anilines is 1. The van der Waals surface area contributed by atoms with Crippen LogP contribution in [0.3, 0.4) is 0 Å². The molecule has 0 spiro atoms. The molecule has 4 nitrogen and oxygen atoms in total. The van der Waals surface area contributed by atoms with Crippen molar-refractivity contribution in [2.75, 3.05) is 5.73 Å². The summed E-state index contributed by atoms with van der Waals surface area (Å²) in [5.41, 5.74) is 8.70. The summed E-state index contributed by atoms with van der Waals surface area (Å²) in [5, 5.41) is 8.06. The number of hydrogen-bond acceptors (Lipinski definition) is 3. The fourth-order valence-corrected chi connectivity index (χ4v) is 2.33. The van der Waals surface area contributed by atoms with E-state index in [2.05, 4.69) is 10.3 Å². The van der Waals surface area contributed by atoms with E-state index in [1.807, 2.05) is 31.2 Å². The van der Waals surface area contributed by atoms with Crippen LogP contribution in [0.5, 0.6) is 0 Å². The van der Waals surface area contributed by atoms with E-state index >= 15 is 0 Å². The molecule has 6 heteroatoms. The molecule has 0 amide bonds. The average Bonchev–Trinajstić information content (AvgIpc) is 2.91. The fourth-order valence-electron chi connectivity index (χ4n) is 2.33. The van der Waals surface area contributed by atoms with Crippen molar-refractivity contribution >= 4 is 5.82 Å². The smallest absolute Gasteiger partial charge is 0.159 e. The van der Waals surface area contributed by atoms with Gasteiger partial charge in [-0.15, -0.1) is 5.10 Å². The number of halogens is 2. The number of rotatable bonds is 3. The van der Waals surface area contributed by atoms with Crippen molar-refractivity contribution in [3.8, 4) is 16.9 Å². The molecule has 0 aliphatic heterocycles. The lowest BCUT2D eigenvalue weighted by Crippen LogP contribution is -2.05. The number of nitrogens with two attached hydrogens (primary N) is 1. The van der Waals surface area contributed by atoms with E-state index < -0.39 is 11.6 Å². The Morgan fingerprint density at radius 1 is 1.09 bits per heavy atom. The van der Waals surface area contributed by atoms with Gasteiger partial charge in [0.25, 0.3) is 0 Å². The summed E-state index contributed by atoms with van der Waals surface area (Å²) in [7, 11) is 0. The molecule has 1 aromatic heterocycles. The zero-order valence-corrected chi connectivity index (χ0v) is 11.9. The minimum Gasteiger partial charge on any atom is -0.382 e. The minimum absolute atomic E-state index is 0.284. The number of aromatic nitrogens is 3. The van der Waals surface area contributed by atoms with Gasteiger partial charge in [-0.25, -0.2) is 8.78 Å². The minimum atomic E-state index is -0.944. The first kappa shape index (κ1) is 14.2. The second kappa shape index (κ2) is 5.55. The largest absolute Gasteiger partial charge is 0.382 e.